The minimum absolute atomic E-state index is 0.00793. The largest absolute Gasteiger partial charge is 0.398 e. The lowest BCUT2D eigenvalue weighted by atomic mass is 9.90. The Labute approximate surface area is 344 Å². The van der Waals surface area contributed by atoms with Gasteiger partial charge in [-0.1, -0.05) is 60.7 Å². The molecular formula is C46H52N10O3. The van der Waals surface area contributed by atoms with Gasteiger partial charge in [0, 0.05) is 58.4 Å². The number of likely N-dealkylation sites (tertiary alicyclic amines) is 1. The normalized spacial score (nSPS) is 18.9. The van der Waals surface area contributed by atoms with Gasteiger partial charge in [-0.05, 0) is 106 Å². The lowest BCUT2D eigenvalue weighted by Crippen LogP contribution is -2.52. The number of hydrogen-bond acceptors (Lipinski definition) is 8. The van der Waals surface area contributed by atoms with Gasteiger partial charge in [-0.2, -0.15) is 0 Å². The maximum absolute atomic E-state index is 12.8. The number of aryl methyl sites for hydroxylation is 2. The predicted molar refractivity (Wildman–Crippen MR) is 236 cm³/mol. The number of nitrogens with zero attached hydrogens (tertiary/aromatic N) is 3. The number of carbonyl (C=O) groups excluding carboxylic acids is 3. The fourth-order valence-electron chi connectivity index (χ4n) is 8.22. The number of pyridine rings is 2. The third-order valence-corrected chi connectivity index (χ3v) is 10.9. The van der Waals surface area contributed by atoms with Gasteiger partial charge in [0.2, 0.25) is 5.91 Å². The molecule has 4 heterocycles. The molecule has 2 aliphatic rings. The van der Waals surface area contributed by atoms with E-state index in [4.69, 9.17) is 11.5 Å². The van der Waals surface area contributed by atoms with E-state index in [-0.39, 0.29) is 42.1 Å². The van der Waals surface area contributed by atoms with Crippen molar-refractivity contribution < 1.29 is 14.4 Å². The second-order valence-electron chi connectivity index (χ2n) is 15.3. The van der Waals surface area contributed by atoms with Crippen LogP contribution in [0.5, 0.6) is 0 Å². The summed E-state index contributed by atoms with van der Waals surface area (Å²) in [7, 11) is 0. The topological polar surface area (TPSA) is 192 Å². The first kappa shape index (κ1) is 40.5. The molecule has 6 aromatic rings. The molecule has 4 unspecified atom stereocenters. The van der Waals surface area contributed by atoms with Crippen LogP contribution >= 0.6 is 0 Å². The van der Waals surface area contributed by atoms with E-state index in [1.165, 1.54) is 5.56 Å². The second-order valence-corrected chi connectivity index (χ2v) is 15.3. The third kappa shape index (κ3) is 9.87. The van der Waals surface area contributed by atoms with Crippen LogP contribution in [0.3, 0.4) is 0 Å². The summed E-state index contributed by atoms with van der Waals surface area (Å²) < 4.78 is 0. The number of urea groups is 2. The molecule has 0 bridgehead atoms. The van der Waals surface area contributed by atoms with Crippen LogP contribution < -0.4 is 38.1 Å². The van der Waals surface area contributed by atoms with Crippen molar-refractivity contribution in [2.75, 3.05) is 35.2 Å². The highest BCUT2D eigenvalue weighted by molar-refractivity contribution is 5.98. The van der Waals surface area contributed by atoms with E-state index in [2.05, 4.69) is 48.7 Å². The number of amides is 5. The summed E-state index contributed by atoms with van der Waals surface area (Å²) in [6.45, 7) is 7.03. The lowest BCUT2D eigenvalue weighted by Gasteiger charge is -2.41. The van der Waals surface area contributed by atoms with Gasteiger partial charge in [-0.15, -0.1) is 0 Å². The Kier molecular flexibility index (Phi) is 12.5. The Balaban J connectivity index is 0.000000180. The van der Waals surface area contributed by atoms with Gasteiger partial charge in [0.25, 0.3) is 0 Å². The summed E-state index contributed by atoms with van der Waals surface area (Å²) >= 11 is 0. The van der Waals surface area contributed by atoms with Crippen molar-refractivity contribution in [1.82, 2.24) is 30.8 Å². The molecule has 4 atom stereocenters. The Hall–Kier alpha value is -6.73. The molecule has 0 spiro atoms. The molecule has 0 saturated carbocycles. The number of rotatable bonds is 6. The number of benzene rings is 4. The van der Waals surface area contributed by atoms with Gasteiger partial charge in [-0.3, -0.25) is 14.8 Å². The number of hydrogen-bond donors (Lipinski definition) is 7. The number of nitrogens with one attached hydrogen (secondary N) is 5. The van der Waals surface area contributed by atoms with Crippen molar-refractivity contribution in [1.29, 1.82) is 0 Å². The van der Waals surface area contributed by atoms with Crippen LogP contribution in [0.1, 0.15) is 67.2 Å². The van der Waals surface area contributed by atoms with Gasteiger partial charge >= 0.3 is 12.1 Å². The average molecular weight is 793 g/mol. The first-order chi connectivity index (χ1) is 28.5. The highest BCUT2D eigenvalue weighted by Gasteiger charge is 2.35. The number of piperidine rings is 2. The fraction of sp³-hybridized carbons (Fsp3) is 0.283. The molecule has 13 nitrogen and oxygen atoms in total. The SMILES string of the molecule is CC(=O)N1CCCC(NC(=O)Nc2ccc3nc(C)cc(N)c3c2)C1c1ccccc1.Cc1cc(N)c2cc(NC(=O)NC3CCCNC3c3ccccc3)ccc2n1. The number of carbonyl (C=O) groups is 3. The zero-order chi connectivity index (χ0) is 41.5. The summed E-state index contributed by atoms with van der Waals surface area (Å²) in [5, 5.41) is 17.2. The standard InChI is InChI=1S/C24H27N5O2.C22H25N5O/c1-15-13-20(25)19-14-18(10-11-21(19)26-15)27-24(31)28-22-9-6-12-29(16(2)30)23(22)17-7-4-3-5-8-17;1-14-12-18(23)17-13-16(9-10-19(17)25-14)26-22(28)27-20-8-5-11-24-21(20)15-6-3-2-4-7-15/h3-5,7-8,10-11,13-14,22-23H,6,9,12H2,1-2H3,(H2,25,26)(H2,27,28,31);2-4,6-7,9-10,12-13,20-21,24H,5,8,11H2,1H3,(H2,23,25)(H2,26,27,28). The summed E-state index contributed by atoms with van der Waals surface area (Å²) in [6.07, 6.45) is 3.61. The third-order valence-electron chi connectivity index (χ3n) is 10.9. The van der Waals surface area contributed by atoms with E-state index >= 15 is 0 Å². The maximum Gasteiger partial charge on any atom is 0.319 e. The van der Waals surface area contributed by atoms with Gasteiger partial charge in [0.15, 0.2) is 0 Å². The molecule has 2 fully saturated rings. The van der Waals surface area contributed by atoms with Gasteiger partial charge in [0.1, 0.15) is 0 Å². The zero-order valence-corrected chi connectivity index (χ0v) is 33.7. The van der Waals surface area contributed by atoms with E-state index in [1.54, 1.807) is 6.92 Å². The number of fused-ring (bicyclic) bond motifs is 2. The van der Waals surface area contributed by atoms with Gasteiger partial charge in [0.05, 0.1) is 35.2 Å². The molecule has 4 aromatic carbocycles. The number of nitrogens with two attached hydrogens (primary N) is 2. The maximum atomic E-state index is 12.8. The molecule has 2 aliphatic heterocycles. The second kappa shape index (κ2) is 18.2. The van der Waals surface area contributed by atoms with E-state index in [0.29, 0.717) is 29.3 Å². The molecule has 8 rings (SSSR count). The first-order valence-electron chi connectivity index (χ1n) is 20.1. The molecule has 304 valence electrons. The average Bonchev–Trinajstić information content (AvgIpc) is 3.22. The van der Waals surface area contributed by atoms with E-state index < -0.39 is 0 Å². The lowest BCUT2D eigenvalue weighted by molar-refractivity contribution is -0.133. The minimum Gasteiger partial charge on any atom is -0.398 e. The molecule has 0 aliphatic carbocycles. The molecular weight excluding hydrogens is 741 g/mol. The minimum atomic E-state index is -0.311. The van der Waals surface area contributed by atoms with Gasteiger partial charge < -0.3 is 43.0 Å². The van der Waals surface area contributed by atoms with Crippen LogP contribution in [0, 0.1) is 13.8 Å². The smallest absolute Gasteiger partial charge is 0.319 e. The molecule has 2 aromatic heterocycles. The molecule has 5 amide bonds. The Bertz CT molecular complexity index is 2450. The van der Waals surface area contributed by atoms with Crippen molar-refractivity contribution in [3.63, 3.8) is 0 Å². The van der Waals surface area contributed by atoms with E-state index in [9.17, 15) is 14.4 Å². The molecule has 0 radical (unpaired) electrons. The number of anilines is 4. The summed E-state index contributed by atoms with van der Waals surface area (Å²) in [6, 6.07) is 34.1. The summed E-state index contributed by atoms with van der Waals surface area (Å²) in [4.78, 5) is 48.5. The van der Waals surface area contributed by atoms with Crippen LogP contribution in [0.4, 0.5) is 32.3 Å². The molecule has 59 heavy (non-hydrogen) atoms. The van der Waals surface area contributed by atoms with E-state index in [0.717, 1.165) is 71.0 Å². The summed E-state index contributed by atoms with van der Waals surface area (Å²) in [5.41, 5.74) is 20.4. The van der Waals surface area contributed by atoms with Crippen molar-refractivity contribution in [3.8, 4) is 0 Å². The summed E-state index contributed by atoms with van der Waals surface area (Å²) in [5.74, 6) is 0.00793. The fourth-order valence-corrected chi connectivity index (χ4v) is 8.22. The zero-order valence-electron chi connectivity index (χ0n) is 33.7. The van der Waals surface area contributed by atoms with Crippen LogP contribution in [0.15, 0.2) is 109 Å². The molecule has 9 N–H and O–H groups in total. The van der Waals surface area contributed by atoms with Crippen LogP contribution in [-0.2, 0) is 4.79 Å². The monoisotopic (exact) mass is 792 g/mol. The Morgan fingerprint density at radius 1 is 0.661 bits per heavy atom. The van der Waals surface area contributed by atoms with Crippen molar-refractivity contribution in [2.24, 2.45) is 0 Å². The van der Waals surface area contributed by atoms with Crippen LogP contribution in [0.2, 0.25) is 0 Å². The van der Waals surface area contributed by atoms with Crippen molar-refractivity contribution in [2.45, 2.75) is 70.6 Å². The number of nitrogen functional groups attached to an aromatic ring is 2. The van der Waals surface area contributed by atoms with Crippen molar-refractivity contribution in [3.05, 3.63) is 132 Å². The number of aromatic nitrogens is 2. The van der Waals surface area contributed by atoms with Crippen LogP contribution in [-0.4, -0.2) is 58.0 Å². The van der Waals surface area contributed by atoms with Gasteiger partial charge in [-0.25, -0.2) is 9.59 Å². The molecule has 2 saturated heterocycles. The quantitative estimate of drug-likeness (QED) is 0.0891. The predicted octanol–water partition coefficient (Wildman–Crippen LogP) is 7.74. The van der Waals surface area contributed by atoms with Crippen molar-refractivity contribution >= 4 is 62.5 Å². The Morgan fingerprint density at radius 2 is 1.17 bits per heavy atom. The highest BCUT2D eigenvalue weighted by atomic mass is 16.2. The first-order valence-corrected chi connectivity index (χ1v) is 20.1. The van der Waals surface area contributed by atoms with E-state index in [1.807, 2.05) is 116 Å². The highest BCUT2D eigenvalue weighted by Crippen LogP contribution is 2.32. The van der Waals surface area contributed by atoms with Crippen LogP contribution in [0.25, 0.3) is 21.8 Å². The Morgan fingerprint density at radius 3 is 1.71 bits per heavy atom. The molecule has 13 heteroatoms.